The first-order chi connectivity index (χ1) is 44.4. The van der Waals surface area contributed by atoms with Crippen molar-refractivity contribution in [3.05, 3.63) is 0 Å². The molecule has 0 radical (unpaired) electrons. The van der Waals surface area contributed by atoms with Crippen LogP contribution in [0.1, 0.15) is 375 Å². The van der Waals surface area contributed by atoms with Crippen LogP contribution in [-0.4, -0.2) is 96.7 Å². The van der Waals surface area contributed by atoms with Crippen molar-refractivity contribution in [1.82, 2.24) is 0 Å². The summed E-state index contributed by atoms with van der Waals surface area (Å²) in [6.45, 7) is 9.41. The topological polar surface area (TPSA) is 237 Å². The van der Waals surface area contributed by atoms with Crippen molar-refractivity contribution in [3.63, 3.8) is 0 Å². The van der Waals surface area contributed by atoms with Gasteiger partial charge in [0.2, 0.25) is 0 Å². The van der Waals surface area contributed by atoms with Crippen LogP contribution in [0, 0.1) is 11.8 Å². The molecule has 0 fully saturated rings. The highest BCUT2D eigenvalue weighted by atomic mass is 31.2. The number of carbonyl (C=O) groups is 4. The Morgan fingerprint density at radius 1 is 0.293 bits per heavy atom. The number of hydrogen-bond acceptors (Lipinski definition) is 15. The van der Waals surface area contributed by atoms with E-state index in [0.29, 0.717) is 31.6 Å². The molecule has 17 nitrogen and oxygen atoms in total. The number of aliphatic hydroxyl groups is 1. The Labute approximate surface area is 562 Å². The van der Waals surface area contributed by atoms with E-state index in [1.165, 1.54) is 186 Å². The van der Waals surface area contributed by atoms with Gasteiger partial charge in [-0.25, -0.2) is 9.13 Å². The summed E-state index contributed by atoms with van der Waals surface area (Å²) in [4.78, 5) is 72.3. The number of carbonyl (C=O) groups excluding carboxylic acids is 4. The Bertz CT molecular complexity index is 1790. The van der Waals surface area contributed by atoms with Gasteiger partial charge in [-0.2, -0.15) is 0 Å². The molecule has 0 bridgehead atoms. The average molecular weight is 1350 g/mol. The molecule has 546 valence electrons. The highest BCUT2D eigenvalue weighted by molar-refractivity contribution is 7.47. The summed E-state index contributed by atoms with van der Waals surface area (Å²) in [6.07, 6.45) is 52.1. The zero-order valence-electron chi connectivity index (χ0n) is 59.9. The summed E-state index contributed by atoms with van der Waals surface area (Å²) >= 11 is 0. The van der Waals surface area contributed by atoms with Crippen LogP contribution in [0.25, 0.3) is 0 Å². The molecule has 0 amide bonds. The highest BCUT2D eigenvalue weighted by Gasteiger charge is 2.30. The van der Waals surface area contributed by atoms with Crippen molar-refractivity contribution in [3.8, 4) is 0 Å². The fourth-order valence-electron chi connectivity index (χ4n) is 11.1. The molecule has 0 heterocycles. The van der Waals surface area contributed by atoms with Crippen LogP contribution < -0.4 is 0 Å². The smallest absolute Gasteiger partial charge is 0.462 e. The molecule has 0 rings (SSSR count). The minimum absolute atomic E-state index is 0.101. The van der Waals surface area contributed by atoms with Gasteiger partial charge in [0.1, 0.15) is 19.3 Å². The molecule has 92 heavy (non-hydrogen) atoms. The quantitative estimate of drug-likeness (QED) is 0.0222. The van der Waals surface area contributed by atoms with Crippen LogP contribution in [0.2, 0.25) is 0 Å². The second-order valence-corrected chi connectivity index (χ2v) is 30.2. The first-order valence-corrected chi connectivity index (χ1v) is 41.0. The number of aliphatic hydroxyl groups excluding tert-OH is 1. The Morgan fingerprint density at radius 3 is 0.739 bits per heavy atom. The number of rotatable bonds is 72. The molecular formula is C73H142O17P2. The first kappa shape index (κ1) is 90.1. The lowest BCUT2D eigenvalue weighted by Crippen LogP contribution is -2.30. The Morgan fingerprint density at radius 2 is 0.500 bits per heavy atom. The van der Waals surface area contributed by atoms with Gasteiger partial charge >= 0.3 is 39.5 Å². The van der Waals surface area contributed by atoms with E-state index in [0.717, 1.165) is 102 Å². The number of phosphoric ester groups is 2. The lowest BCUT2D eigenvalue weighted by molar-refractivity contribution is -0.161. The van der Waals surface area contributed by atoms with Crippen molar-refractivity contribution in [2.24, 2.45) is 11.8 Å². The van der Waals surface area contributed by atoms with Crippen LogP contribution in [-0.2, 0) is 65.4 Å². The van der Waals surface area contributed by atoms with Crippen LogP contribution >= 0.6 is 15.6 Å². The summed E-state index contributed by atoms with van der Waals surface area (Å²) in [7, 11) is -9.89. The molecule has 0 spiro atoms. The van der Waals surface area contributed by atoms with E-state index in [2.05, 4.69) is 41.5 Å². The maximum Gasteiger partial charge on any atom is 0.472 e. The van der Waals surface area contributed by atoms with Crippen molar-refractivity contribution in [1.29, 1.82) is 0 Å². The van der Waals surface area contributed by atoms with E-state index in [4.69, 9.17) is 37.0 Å². The molecule has 0 aliphatic heterocycles. The van der Waals surface area contributed by atoms with Crippen molar-refractivity contribution < 1.29 is 80.2 Å². The fourth-order valence-corrected chi connectivity index (χ4v) is 12.7. The third-order valence-corrected chi connectivity index (χ3v) is 18.9. The number of unbranched alkanes of at least 4 members (excludes halogenated alkanes) is 42. The van der Waals surface area contributed by atoms with E-state index in [9.17, 15) is 43.2 Å². The van der Waals surface area contributed by atoms with Gasteiger partial charge in [0, 0.05) is 25.7 Å². The molecule has 0 saturated heterocycles. The van der Waals surface area contributed by atoms with Crippen LogP contribution in [0.15, 0.2) is 0 Å². The van der Waals surface area contributed by atoms with Crippen molar-refractivity contribution >= 4 is 39.5 Å². The summed E-state index contributed by atoms with van der Waals surface area (Å²) < 4.78 is 68.1. The molecule has 0 aromatic rings. The second kappa shape index (κ2) is 65.0. The summed E-state index contributed by atoms with van der Waals surface area (Å²) in [5.41, 5.74) is 0. The Hall–Kier alpha value is -1.94. The van der Waals surface area contributed by atoms with Gasteiger partial charge < -0.3 is 33.8 Å². The average Bonchev–Trinajstić information content (AvgIpc) is 3.28. The largest absolute Gasteiger partial charge is 0.472 e. The predicted octanol–water partition coefficient (Wildman–Crippen LogP) is 21.2. The molecule has 0 aromatic heterocycles. The molecule has 5 atom stereocenters. The maximum absolute atomic E-state index is 13.1. The molecule has 2 unspecified atom stereocenters. The van der Waals surface area contributed by atoms with Gasteiger partial charge in [-0.3, -0.25) is 37.3 Å². The Kier molecular flexibility index (Phi) is 63.7. The standard InChI is InChI=1S/C73H142O17P2/c1-7-9-11-13-14-15-16-17-18-19-20-21-22-25-29-32-35-38-45-51-57-72(77)89-69(62-84-71(76)56-50-44-37-34-31-28-26-23-24-27-30-33-36-42-47-53-65(3)4)64-88-92(81,82)86-60-67(74)59-85-91(79,80)87-63-68(61-83-70(75)55-49-41-12-10-8-2)90-73(78)58-52-46-40-39-43-48-54-66(5)6/h65-69,74H,7-64H2,1-6H3,(H,79,80)(H,81,82)/t67-,68+,69+/m0/s1. The number of ether oxygens (including phenoxy) is 4. The lowest BCUT2D eigenvalue weighted by atomic mass is 10.0. The van der Waals surface area contributed by atoms with E-state index < -0.39 is 97.5 Å². The zero-order valence-corrected chi connectivity index (χ0v) is 61.6. The summed E-state index contributed by atoms with van der Waals surface area (Å²) in [5.74, 6) is -0.661. The van der Waals surface area contributed by atoms with E-state index in [-0.39, 0.29) is 25.7 Å². The molecule has 19 heteroatoms. The van der Waals surface area contributed by atoms with Crippen molar-refractivity contribution in [2.45, 2.75) is 394 Å². The highest BCUT2D eigenvalue weighted by Crippen LogP contribution is 2.45. The third kappa shape index (κ3) is 66.7. The first-order valence-electron chi connectivity index (χ1n) is 38.0. The number of esters is 4. The number of hydrogen-bond donors (Lipinski definition) is 3. The molecule has 0 aromatic carbocycles. The second-order valence-electron chi connectivity index (χ2n) is 27.3. The van der Waals surface area contributed by atoms with Gasteiger partial charge in [-0.15, -0.1) is 0 Å². The molecular weight excluding hydrogens is 1210 g/mol. The normalized spacial score (nSPS) is 14.1. The van der Waals surface area contributed by atoms with Gasteiger partial charge in [-0.1, -0.05) is 324 Å². The van der Waals surface area contributed by atoms with Crippen LogP contribution in [0.5, 0.6) is 0 Å². The van der Waals surface area contributed by atoms with Gasteiger partial charge in [0.05, 0.1) is 26.4 Å². The molecule has 3 N–H and O–H groups in total. The zero-order chi connectivity index (χ0) is 67.9. The molecule has 0 aliphatic carbocycles. The lowest BCUT2D eigenvalue weighted by Gasteiger charge is -2.21. The SMILES string of the molecule is CCCCCCCCCCCCCCCCCCCCCCC(=O)O[C@H](COC(=O)CCCCCCCCCCCCCCCCCC(C)C)COP(=O)(O)OC[C@@H](O)COP(=O)(O)OC[C@@H](COC(=O)CCCCCCC)OC(=O)CCCCCCCCC(C)C. The van der Waals surface area contributed by atoms with Crippen LogP contribution in [0.4, 0.5) is 0 Å². The summed E-state index contributed by atoms with van der Waals surface area (Å²) in [5, 5.41) is 10.6. The Balaban J connectivity index is 5.11. The number of phosphoric acid groups is 2. The molecule has 0 aliphatic rings. The van der Waals surface area contributed by atoms with Crippen LogP contribution in [0.3, 0.4) is 0 Å². The van der Waals surface area contributed by atoms with Gasteiger partial charge in [-0.05, 0) is 37.5 Å². The van der Waals surface area contributed by atoms with Crippen molar-refractivity contribution in [2.75, 3.05) is 39.6 Å². The van der Waals surface area contributed by atoms with E-state index >= 15 is 0 Å². The maximum atomic E-state index is 13.1. The monoisotopic (exact) mass is 1350 g/mol. The fraction of sp³-hybridized carbons (Fsp3) is 0.945. The minimum Gasteiger partial charge on any atom is -0.462 e. The van der Waals surface area contributed by atoms with E-state index in [1.807, 2.05) is 0 Å². The third-order valence-electron chi connectivity index (χ3n) is 17.0. The summed E-state index contributed by atoms with van der Waals surface area (Å²) in [6, 6.07) is 0. The minimum atomic E-state index is -4.95. The van der Waals surface area contributed by atoms with E-state index in [1.54, 1.807) is 0 Å². The van der Waals surface area contributed by atoms with Gasteiger partial charge in [0.25, 0.3) is 0 Å². The predicted molar refractivity (Wildman–Crippen MR) is 372 cm³/mol. The molecule has 0 saturated carbocycles. The van der Waals surface area contributed by atoms with Gasteiger partial charge in [0.15, 0.2) is 12.2 Å².